The number of anilines is 1. The van der Waals surface area contributed by atoms with Crippen molar-refractivity contribution in [2.45, 2.75) is 17.4 Å². The van der Waals surface area contributed by atoms with Crippen LogP contribution in [0, 0.1) is 0 Å². The summed E-state index contributed by atoms with van der Waals surface area (Å²) in [6.07, 6.45) is 3.23. The summed E-state index contributed by atoms with van der Waals surface area (Å²) < 4.78 is 26.5. The predicted octanol–water partition coefficient (Wildman–Crippen LogP) is -0.959. The average Bonchev–Trinajstić information content (AvgIpc) is 2.63. The lowest BCUT2D eigenvalue weighted by Gasteiger charge is -2.12. The molecule has 94 valence electrons. The Balaban J connectivity index is 2.11. The smallest absolute Gasteiger partial charge is 0.243 e. The zero-order chi connectivity index (χ0) is 12.5. The summed E-state index contributed by atoms with van der Waals surface area (Å²) in [6.45, 7) is 1.61. The first-order valence-electron chi connectivity index (χ1n) is 5.26. The van der Waals surface area contributed by atoms with E-state index in [1.54, 1.807) is 0 Å². The lowest BCUT2D eigenvalue weighted by Crippen LogP contribution is -2.36. The van der Waals surface area contributed by atoms with Gasteiger partial charge in [0.2, 0.25) is 16.0 Å². The number of aromatic nitrogens is 2. The van der Waals surface area contributed by atoms with Gasteiger partial charge in [0.05, 0.1) is 12.4 Å². The maximum absolute atomic E-state index is 12.0. The lowest BCUT2D eigenvalue weighted by molar-refractivity contribution is 0.407. The Morgan fingerprint density at radius 3 is 2.65 bits per heavy atom. The van der Waals surface area contributed by atoms with Crippen LogP contribution in [0.5, 0.6) is 0 Å². The van der Waals surface area contributed by atoms with Gasteiger partial charge in [0, 0.05) is 12.6 Å². The van der Waals surface area contributed by atoms with E-state index in [4.69, 9.17) is 5.73 Å². The van der Waals surface area contributed by atoms with Gasteiger partial charge in [-0.15, -0.1) is 0 Å². The number of nitrogens with one attached hydrogen (secondary N) is 1. The molecule has 1 aliphatic heterocycles. The van der Waals surface area contributed by atoms with E-state index in [1.807, 2.05) is 7.05 Å². The third-order valence-electron chi connectivity index (χ3n) is 2.67. The summed E-state index contributed by atoms with van der Waals surface area (Å²) >= 11 is 0. The summed E-state index contributed by atoms with van der Waals surface area (Å²) in [7, 11) is -1.58. The molecule has 1 atom stereocenters. The minimum Gasteiger partial charge on any atom is -0.368 e. The van der Waals surface area contributed by atoms with Crippen LogP contribution in [0.1, 0.15) is 6.42 Å². The van der Waals surface area contributed by atoms with Gasteiger partial charge in [0.25, 0.3) is 0 Å². The van der Waals surface area contributed by atoms with Gasteiger partial charge in [-0.3, -0.25) is 0 Å². The summed E-state index contributed by atoms with van der Waals surface area (Å²) in [5.74, 6) is 0.0598. The lowest BCUT2D eigenvalue weighted by atomic mass is 10.3. The monoisotopic (exact) mass is 257 g/mol. The molecule has 0 bridgehead atoms. The van der Waals surface area contributed by atoms with E-state index in [1.165, 1.54) is 12.4 Å². The van der Waals surface area contributed by atoms with Gasteiger partial charge in [0.1, 0.15) is 4.90 Å². The molecule has 2 rings (SSSR count). The zero-order valence-electron chi connectivity index (χ0n) is 9.50. The average molecular weight is 257 g/mol. The number of hydrogen-bond donors (Lipinski definition) is 2. The van der Waals surface area contributed by atoms with Gasteiger partial charge < -0.3 is 10.6 Å². The Bertz CT molecular complexity index is 487. The van der Waals surface area contributed by atoms with Crippen molar-refractivity contribution in [1.82, 2.24) is 19.6 Å². The zero-order valence-corrected chi connectivity index (χ0v) is 10.3. The highest BCUT2D eigenvalue weighted by molar-refractivity contribution is 7.89. The second-order valence-electron chi connectivity index (χ2n) is 4.15. The standard InChI is InChI=1S/C9H15N5O2S/c1-14-3-2-7(6-14)13-17(15,16)8-4-11-9(10)12-5-8/h4-5,7,13H,2-3,6H2,1H3,(H2,10,11,12). The number of nitrogen functional groups attached to an aromatic ring is 1. The molecule has 0 spiro atoms. The molecule has 1 aromatic heterocycles. The van der Waals surface area contributed by atoms with Crippen molar-refractivity contribution in [3.05, 3.63) is 12.4 Å². The molecule has 17 heavy (non-hydrogen) atoms. The Morgan fingerprint density at radius 2 is 2.12 bits per heavy atom. The second kappa shape index (κ2) is 4.55. The fourth-order valence-electron chi connectivity index (χ4n) is 1.78. The summed E-state index contributed by atoms with van der Waals surface area (Å²) in [4.78, 5) is 9.46. The van der Waals surface area contributed by atoms with Crippen LogP contribution in [0.3, 0.4) is 0 Å². The van der Waals surface area contributed by atoms with Crippen molar-refractivity contribution >= 4 is 16.0 Å². The first-order valence-corrected chi connectivity index (χ1v) is 6.74. The fraction of sp³-hybridized carbons (Fsp3) is 0.556. The van der Waals surface area contributed by atoms with Crippen molar-refractivity contribution in [3.63, 3.8) is 0 Å². The van der Waals surface area contributed by atoms with Crippen molar-refractivity contribution in [1.29, 1.82) is 0 Å². The van der Waals surface area contributed by atoms with Crippen molar-refractivity contribution in [2.75, 3.05) is 25.9 Å². The number of likely N-dealkylation sites (N-methyl/N-ethyl adjacent to an activating group) is 1. The highest BCUT2D eigenvalue weighted by Crippen LogP contribution is 2.12. The SMILES string of the molecule is CN1CCC(NS(=O)(=O)c2cnc(N)nc2)C1. The highest BCUT2D eigenvalue weighted by Gasteiger charge is 2.25. The molecule has 0 aromatic carbocycles. The van der Waals surface area contributed by atoms with Gasteiger partial charge >= 0.3 is 0 Å². The van der Waals surface area contributed by atoms with E-state index in [-0.39, 0.29) is 16.9 Å². The Hall–Kier alpha value is -1.25. The highest BCUT2D eigenvalue weighted by atomic mass is 32.2. The Labute approximate surface area is 100 Å². The van der Waals surface area contributed by atoms with Gasteiger partial charge in [-0.2, -0.15) is 0 Å². The van der Waals surface area contributed by atoms with Crippen molar-refractivity contribution in [3.8, 4) is 0 Å². The van der Waals surface area contributed by atoms with E-state index < -0.39 is 10.0 Å². The van der Waals surface area contributed by atoms with Crippen LogP contribution in [-0.4, -0.2) is 49.5 Å². The van der Waals surface area contributed by atoms with Crippen LogP contribution in [0.15, 0.2) is 17.3 Å². The third kappa shape index (κ3) is 2.90. The minimum absolute atomic E-state index is 0.0428. The molecule has 2 heterocycles. The van der Waals surface area contributed by atoms with Crippen LogP contribution < -0.4 is 10.5 Å². The molecule has 1 aromatic rings. The quantitative estimate of drug-likeness (QED) is 0.723. The summed E-state index contributed by atoms with van der Waals surface area (Å²) in [6, 6.07) is -0.0532. The Kier molecular flexibility index (Phi) is 3.27. The molecule has 1 unspecified atom stereocenters. The number of rotatable bonds is 3. The number of sulfonamides is 1. The number of likely N-dealkylation sites (tertiary alicyclic amines) is 1. The van der Waals surface area contributed by atoms with Crippen molar-refractivity contribution < 1.29 is 8.42 Å². The first-order chi connectivity index (χ1) is 7.97. The molecule has 8 heteroatoms. The molecule has 1 aliphatic rings. The van der Waals surface area contributed by atoms with E-state index >= 15 is 0 Å². The molecule has 0 saturated carbocycles. The second-order valence-corrected chi connectivity index (χ2v) is 5.86. The van der Waals surface area contributed by atoms with Crippen LogP contribution in [0.4, 0.5) is 5.95 Å². The fourth-order valence-corrected chi connectivity index (χ4v) is 2.93. The first kappa shape index (κ1) is 12.2. The molecule has 1 fully saturated rings. The number of hydrogen-bond acceptors (Lipinski definition) is 6. The molecular formula is C9H15N5O2S. The number of nitrogens with zero attached hydrogens (tertiary/aromatic N) is 3. The molecule has 0 aliphatic carbocycles. The van der Waals surface area contributed by atoms with E-state index in [2.05, 4.69) is 19.6 Å². The molecular weight excluding hydrogens is 242 g/mol. The molecule has 7 nitrogen and oxygen atoms in total. The maximum Gasteiger partial charge on any atom is 0.243 e. The minimum atomic E-state index is -3.54. The third-order valence-corrected chi connectivity index (χ3v) is 4.15. The van der Waals surface area contributed by atoms with Gasteiger partial charge in [-0.05, 0) is 20.0 Å². The van der Waals surface area contributed by atoms with E-state index in [0.29, 0.717) is 0 Å². The topological polar surface area (TPSA) is 101 Å². The predicted molar refractivity (Wildman–Crippen MR) is 62.7 cm³/mol. The molecule has 0 radical (unpaired) electrons. The maximum atomic E-state index is 12.0. The molecule has 1 saturated heterocycles. The normalized spacial score (nSPS) is 21.8. The van der Waals surface area contributed by atoms with E-state index in [0.717, 1.165) is 19.5 Å². The Morgan fingerprint density at radius 1 is 1.47 bits per heavy atom. The number of nitrogens with two attached hydrogens (primary N) is 1. The van der Waals surface area contributed by atoms with Crippen molar-refractivity contribution in [2.24, 2.45) is 0 Å². The molecule has 3 N–H and O–H groups in total. The molecule has 0 amide bonds. The van der Waals surface area contributed by atoms with Gasteiger partial charge in [-0.1, -0.05) is 0 Å². The summed E-state index contributed by atoms with van der Waals surface area (Å²) in [5, 5.41) is 0. The van der Waals surface area contributed by atoms with Crippen LogP contribution in [0.2, 0.25) is 0 Å². The summed E-state index contributed by atoms with van der Waals surface area (Å²) in [5.41, 5.74) is 5.31. The van der Waals surface area contributed by atoms with Gasteiger partial charge in [-0.25, -0.2) is 23.1 Å². The van der Waals surface area contributed by atoms with E-state index in [9.17, 15) is 8.42 Å². The van der Waals surface area contributed by atoms with Crippen LogP contribution >= 0.6 is 0 Å². The largest absolute Gasteiger partial charge is 0.368 e. The van der Waals surface area contributed by atoms with Gasteiger partial charge in [0.15, 0.2) is 0 Å². The van der Waals surface area contributed by atoms with Crippen LogP contribution in [-0.2, 0) is 10.0 Å². The van der Waals surface area contributed by atoms with Crippen LogP contribution in [0.25, 0.3) is 0 Å².